The van der Waals surface area contributed by atoms with E-state index in [-0.39, 0.29) is 0 Å². The van der Waals surface area contributed by atoms with E-state index in [1.807, 2.05) is 6.07 Å². The summed E-state index contributed by atoms with van der Waals surface area (Å²) in [6.07, 6.45) is 3.22. The van der Waals surface area contributed by atoms with Crippen molar-refractivity contribution in [2.75, 3.05) is 17.6 Å². The number of nitrogens with one attached hydrogen (secondary N) is 1. The molecule has 2 nitrogen and oxygen atoms in total. The minimum Gasteiger partial charge on any atom is -0.398 e. The number of fused-ring (bicyclic) bond motifs is 2. The van der Waals surface area contributed by atoms with Gasteiger partial charge in [0, 0.05) is 29.0 Å². The Labute approximate surface area is 224 Å². The van der Waals surface area contributed by atoms with E-state index in [1.165, 1.54) is 38.2 Å². The molecule has 6 aromatic carbocycles. The molecule has 0 heterocycles. The third kappa shape index (κ3) is 4.65. The molecule has 0 spiro atoms. The van der Waals surface area contributed by atoms with Crippen molar-refractivity contribution < 1.29 is 0 Å². The quantitative estimate of drug-likeness (QED) is 0.173. The monoisotopic (exact) mass is 490 g/mol. The van der Waals surface area contributed by atoms with Gasteiger partial charge >= 0.3 is 0 Å². The first-order chi connectivity index (χ1) is 18.8. The second kappa shape index (κ2) is 10.7. The van der Waals surface area contributed by atoms with Crippen LogP contribution in [0.25, 0.3) is 38.2 Å². The average molecular weight is 491 g/mol. The van der Waals surface area contributed by atoms with Crippen molar-refractivity contribution in [2.45, 2.75) is 6.42 Å². The Hall–Kier alpha value is -4.82. The predicted molar refractivity (Wildman–Crippen MR) is 164 cm³/mol. The molecule has 0 aromatic heterocycles. The van der Waals surface area contributed by atoms with Crippen LogP contribution >= 0.6 is 0 Å². The van der Waals surface area contributed by atoms with Crippen molar-refractivity contribution in [3.8, 4) is 11.1 Å². The zero-order chi connectivity index (χ0) is 25.7. The second-order valence-electron chi connectivity index (χ2n) is 9.53. The van der Waals surface area contributed by atoms with E-state index in [0.29, 0.717) is 0 Å². The Morgan fingerprint density at radius 3 is 1.71 bits per heavy atom. The van der Waals surface area contributed by atoms with E-state index in [0.717, 1.165) is 35.5 Å². The Bertz CT molecular complexity index is 1690. The molecule has 2 heteroatoms. The van der Waals surface area contributed by atoms with E-state index in [4.69, 9.17) is 5.73 Å². The average Bonchev–Trinajstić information content (AvgIpc) is 2.98. The third-order valence-corrected chi connectivity index (χ3v) is 7.12. The highest BCUT2D eigenvalue weighted by Crippen LogP contribution is 2.42. The molecule has 0 aliphatic carbocycles. The van der Waals surface area contributed by atoms with Crippen LogP contribution in [-0.2, 0) is 0 Å². The molecule has 6 aromatic rings. The molecule has 0 aliphatic heterocycles. The van der Waals surface area contributed by atoms with Crippen molar-refractivity contribution in [3.63, 3.8) is 0 Å². The fourth-order valence-corrected chi connectivity index (χ4v) is 5.32. The summed E-state index contributed by atoms with van der Waals surface area (Å²) in [5.41, 5.74) is 14.5. The second-order valence-corrected chi connectivity index (χ2v) is 9.53. The van der Waals surface area contributed by atoms with Gasteiger partial charge in [0.05, 0.1) is 0 Å². The van der Waals surface area contributed by atoms with Crippen molar-refractivity contribution in [1.82, 2.24) is 0 Å². The Kier molecular flexibility index (Phi) is 6.61. The molecule has 0 bridgehead atoms. The number of nitrogens with two attached hydrogens (primary N) is 1. The highest BCUT2D eigenvalue weighted by atomic mass is 14.9. The first-order valence-electron chi connectivity index (χ1n) is 13.1. The highest BCUT2D eigenvalue weighted by molar-refractivity contribution is 6.13. The Balaban J connectivity index is 1.38. The van der Waals surface area contributed by atoms with E-state index in [9.17, 15) is 0 Å². The summed E-state index contributed by atoms with van der Waals surface area (Å²) in [7, 11) is 0. The molecule has 3 N–H and O–H groups in total. The van der Waals surface area contributed by atoms with E-state index >= 15 is 0 Å². The van der Waals surface area contributed by atoms with E-state index in [1.54, 1.807) is 0 Å². The largest absolute Gasteiger partial charge is 0.398 e. The van der Waals surface area contributed by atoms with Crippen LogP contribution in [0.15, 0.2) is 140 Å². The topological polar surface area (TPSA) is 38.0 Å². The van der Waals surface area contributed by atoms with Gasteiger partial charge in [0.2, 0.25) is 0 Å². The van der Waals surface area contributed by atoms with Crippen LogP contribution in [0.1, 0.15) is 17.5 Å². The molecular weight excluding hydrogens is 460 g/mol. The molecule has 0 aliphatic rings. The summed E-state index contributed by atoms with van der Waals surface area (Å²) >= 11 is 0. The van der Waals surface area contributed by atoms with Gasteiger partial charge in [0.1, 0.15) is 0 Å². The molecule has 38 heavy (non-hydrogen) atoms. The van der Waals surface area contributed by atoms with Crippen LogP contribution in [0.3, 0.4) is 0 Å². The van der Waals surface area contributed by atoms with Crippen LogP contribution in [0.5, 0.6) is 0 Å². The molecule has 184 valence electrons. The number of hydrogen-bond donors (Lipinski definition) is 2. The van der Waals surface area contributed by atoms with Gasteiger partial charge in [-0.2, -0.15) is 0 Å². The summed E-state index contributed by atoms with van der Waals surface area (Å²) in [6.45, 7) is 0.805. The lowest BCUT2D eigenvalue weighted by Crippen LogP contribution is -2.04. The van der Waals surface area contributed by atoms with Crippen LogP contribution in [0.2, 0.25) is 0 Å². The lowest BCUT2D eigenvalue weighted by molar-refractivity contribution is 1.07. The van der Waals surface area contributed by atoms with Gasteiger partial charge in [-0.1, -0.05) is 127 Å². The lowest BCUT2D eigenvalue weighted by Gasteiger charge is -2.18. The smallest absolute Gasteiger partial charge is 0.0427 e. The summed E-state index contributed by atoms with van der Waals surface area (Å²) in [5.74, 6) is 0. The maximum absolute atomic E-state index is 6.66. The lowest BCUT2D eigenvalue weighted by atomic mass is 9.91. The van der Waals surface area contributed by atoms with E-state index in [2.05, 4.69) is 139 Å². The molecule has 0 unspecified atom stereocenters. The minimum atomic E-state index is 0.790. The van der Waals surface area contributed by atoms with Gasteiger partial charge < -0.3 is 11.1 Å². The number of benzene rings is 6. The maximum Gasteiger partial charge on any atom is 0.0427 e. The maximum atomic E-state index is 6.66. The van der Waals surface area contributed by atoms with Crippen LogP contribution in [0.4, 0.5) is 11.4 Å². The molecule has 0 saturated carbocycles. The zero-order valence-electron chi connectivity index (χ0n) is 21.3. The first-order valence-corrected chi connectivity index (χ1v) is 13.1. The number of hydrogen-bond acceptors (Lipinski definition) is 2. The van der Waals surface area contributed by atoms with Crippen LogP contribution in [0, 0.1) is 0 Å². The molecule has 0 radical (unpaired) electrons. The first kappa shape index (κ1) is 23.6. The SMILES string of the molecule is Nc1ccc2ccccc2c1-c1c(NCCC=C(c2ccccc2)c2ccccc2)ccc2ccccc12. The summed E-state index contributed by atoms with van der Waals surface area (Å²) in [6, 6.07) is 46.8. The van der Waals surface area contributed by atoms with Gasteiger partial charge in [-0.15, -0.1) is 0 Å². The Morgan fingerprint density at radius 1 is 0.553 bits per heavy atom. The number of rotatable bonds is 7. The number of anilines is 2. The van der Waals surface area contributed by atoms with Crippen LogP contribution < -0.4 is 11.1 Å². The fraction of sp³-hybridized carbons (Fsp3) is 0.0556. The molecule has 0 saturated heterocycles. The van der Waals surface area contributed by atoms with Gasteiger partial charge in [0.15, 0.2) is 0 Å². The van der Waals surface area contributed by atoms with E-state index < -0.39 is 0 Å². The molecule has 0 fully saturated rings. The summed E-state index contributed by atoms with van der Waals surface area (Å²) < 4.78 is 0. The van der Waals surface area contributed by atoms with Gasteiger partial charge in [-0.3, -0.25) is 0 Å². The van der Waals surface area contributed by atoms with Gasteiger partial charge in [0.25, 0.3) is 0 Å². The fourth-order valence-electron chi connectivity index (χ4n) is 5.32. The molecule has 0 atom stereocenters. The standard InChI is InChI=1S/C36H30N2/c37-33-23-21-28-16-7-9-18-31(28)35(33)36-32-19-10-8-17-29(32)22-24-34(36)38-25-11-20-30(26-12-3-1-4-13-26)27-14-5-2-6-15-27/h1-10,12-24,38H,11,25,37H2. The summed E-state index contributed by atoms with van der Waals surface area (Å²) in [4.78, 5) is 0. The molecule has 6 rings (SSSR count). The zero-order valence-corrected chi connectivity index (χ0v) is 21.3. The molecule has 0 amide bonds. The normalized spacial score (nSPS) is 10.9. The minimum absolute atomic E-state index is 0.790. The van der Waals surface area contributed by atoms with Crippen molar-refractivity contribution in [3.05, 3.63) is 151 Å². The molecular formula is C36H30N2. The van der Waals surface area contributed by atoms with Crippen molar-refractivity contribution in [2.24, 2.45) is 0 Å². The predicted octanol–water partition coefficient (Wildman–Crippen LogP) is 9.18. The summed E-state index contributed by atoms with van der Waals surface area (Å²) in [5, 5.41) is 8.52. The van der Waals surface area contributed by atoms with Gasteiger partial charge in [-0.25, -0.2) is 0 Å². The third-order valence-electron chi connectivity index (χ3n) is 7.12. The Morgan fingerprint density at radius 2 is 1.08 bits per heavy atom. The van der Waals surface area contributed by atoms with Crippen molar-refractivity contribution >= 4 is 38.5 Å². The highest BCUT2D eigenvalue weighted by Gasteiger charge is 2.15. The van der Waals surface area contributed by atoms with Crippen molar-refractivity contribution in [1.29, 1.82) is 0 Å². The number of nitrogen functional groups attached to an aromatic ring is 1. The van der Waals surface area contributed by atoms with Crippen LogP contribution in [-0.4, -0.2) is 6.54 Å². The van der Waals surface area contributed by atoms with Gasteiger partial charge in [-0.05, 0) is 56.8 Å².